The van der Waals surface area contributed by atoms with E-state index in [1.807, 2.05) is 24.3 Å². The van der Waals surface area contributed by atoms with Crippen LogP contribution < -0.4 is 10.2 Å². The fourth-order valence-electron chi connectivity index (χ4n) is 5.25. The van der Waals surface area contributed by atoms with Crippen LogP contribution in [-0.4, -0.2) is 24.9 Å². The van der Waals surface area contributed by atoms with Crippen molar-refractivity contribution in [2.24, 2.45) is 17.8 Å². The molecule has 3 nitrogen and oxygen atoms in total. The summed E-state index contributed by atoms with van der Waals surface area (Å²) in [5, 5.41) is 10.5. The SMILES string of the molecule is COc1ccc(B(O)OC23CC4CC(CC(C4)C2)C3)cc1. The van der Waals surface area contributed by atoms with Crippen LogP contribution >= 0.6 is 0 Å². The zero-order valence-electron chi connectivity index (χ0n) is 12.6. The first-order valence-electron chi connectivity index (χ1n) is 8.16. The molecule has 1 aromatic carbocycles. The molecule has 1 aromatic rings. The van der Waals surface area contributed by atoms with Gasteiger partial charge in [0, 0.05) is 0 Å². The molecule has 112 valence electrons. The zero-order valence-corrected chi connectivity index (χ0v) is 12.6. The Bertz CT molecular complexity index is 478. The lowest BCUT2D eigenvalue weighted by Crippen LogP contribution is -2.55. The van der Waals surface area contributed by atoms with Crippen molar-refractivity contribution in [2.75, 3.05) is 7.11 Å². The van der Waals surface area contributed by atoms with Crippen LogP contribution in [-0.2, 0) is 4.65 Å². The fraction of sp³-hybridized carbons (Fsp3) is 0.647. The van der Waals surface area contributed by atoms with E-state index in [0.29, 0.717) is 0 Å². The molecule has 4 aliphatic rings. The second kappa shape index (κ2) is 5.03. The van der Waals surface area contributed by atoms with Gasteiger partial charge < -0.3 is 14.4 Å². The highest BCUT2D eigenvalue weighted by atomic mass is 16.5. The third-order valence-electron chi connectivity index (χ3n) is 5.74. The molecule has 4 heteroatoms. The smallest absolute Gasteiger partial charge is 0.491 e. The summed E-state index contributed by atoms with van der Waals surface area (Å²) in [6.07, 6.45) is 7.61. The number of rotatable bonds is 4. The Hall–Kier alpha value is -0.995. The lowest BCUT2D eigenvalue weighted by atomic mass is 9.53. The van der Waals surface area contributed by atoms with Crippen LogP contribution in [0, 0.1) is 17.8 Å². The maximum Gasteiger partial charge on any atom is 0.491 e. The molecule has 0 aromatic heterocycles. The molecule has 0 spiro atoms. The summed E-state index contributed by atoms with van der Waals surface area (Å²) in [6, 6.07) is 7.54. The van der Waals surface area contributed by atoms with E-state index in [4.69, 9.17) is 9.39 Å². The molecular weight excluding hydrogens is 263 g/mol. The van der Waals surface area contributed by atoms with E-state index in [0.717, 1.165) is 48.2 Å². The van der Waals surface area contributed by atoms with Crippen LogP contribution in [0.15, 0.2) is 24.3 Å². The first-order chi connectivity index (χ1) is 10.2. The molecule has 0 heterocycles. The van der Waals surface area contributed by atoms with Gasteiger partial charge in [-0.1, -0.05) is 12.1 Å². The van der Waals surface area contributed by atoms with Gasteiger partial charge in [-0.25, -0.2) is 0 Å². The lowest BCUT2D eigenvalue weighted by Gasteiger charge is -2.56. The summed E-state index contributed by atoms with van der Waals surface area (Å²) in [5.41, 5.74) is 0.764. The number of ether oxygens (including phenoxy) is 1. The molecule has 0 radical (unpaired) electrons. The van der Waals surface area contributed by atoms with Crippen LogP contribution in [0.1, 0.15) is 38.5 Å². The van der Waals surface area contributed by atoms with Crippen LogP contribution in [0.25, 0.3) is 0 Å². The second-order valence-corrected chi connectivity index (χ2v) is 7.34. The Kier molecular flexibility index (Phi) is 3.27. The van der Waals surface area contributed by atoms with Crippen molar-refractivity contribution in [3.05, 3.63) is 24.3 Å². The van der Waals surface area contributed by atoms with Gasteiger partial charge in [0.25, 0.3) is 0 Å². The normalized spacial score (nSPS) is 36.8. The van der Waals surface area contributed by atoms with Gasteiger partial charge >= 0.3 is 7.12 Å². The first kappa shape index (κ1) is 13.7. The van der Waals surface area contributed by atoms with Gasteiger partial charge in [-0.3, -0.25) is 0 Å². The average Bonchev–Trinajstić information content (AvgIpc) is 2.45. The van der Waals surface area contributed by atoms with Crippen LogP contribution in [0.4, 0.5) is 0 Å². The minimum atomic E-state index is -0.813. The summed E-state index contributed by atoms with van der Waals surface area (Å²) >= 11 is 0. The van der Waals surface area contributed by atoms with E-state index in [-0.39, 0.29) is 5.60 Å². The molecule has 4 aliphatic carbocycles. The van der Waals surface area contributed by atoms with E-state index in [1.54, 1.807) is 7.11 Å². The van der Waals surface area contributed by atoms with Crippen LogP contribution in [0.5, 0.6) is 5.75 Å². The lowest BCUT2D eigenvalue weighted by molar-refractivity contribution is -0.115. The molecule has 4 bridgehead atoms. The molecule has 1 N–H and O–H groups in total. The van der Waals surface area contributed by atoms with Gasteiger partial charge in [0.05, 0.1) is 12.7 Å². The molecule has 0 saturated heterocycles. The Labute approximate surface area is 126 Å². The predicted molar refractivity (Wildman–Crippen MR) is 82.6 cm³/mol. The van der Waals surface area contributed by atoms with Crippen molar-refractivity contribution >= 4 is 12.6 Å². The molecule has 5 rings (SSSR count). The maximum absolute atomic E-state index is 10.5. The molecular formula is C17H23BO3. The topological polar surface area (TPSA) is 38.7 Å². The highest BCUT2D eigenvalue weighted by Gasteiger charge is 2.52. The number of methoxy groups -OCH3 is 1. The summed E-state index contributed by atoms with van der Waals surface area (Å²) in [6.45, 7) is 0. The molecule has 0 amide bonds. The van der Waals surface area contributed by atoms with Gasteiger partial charge in [-0.05, 0) is 73.9 Å². The van der Waals surface area contributed by atoms with Crippen molar-refractivity contribution in [3.63, 3.8) is 0 Å². The van der Waals surface area contributed by atoms with Gasteiger partial charge in [-0.2, -0.15) is 0 Å². The summed E-state index contributed by atoms with van der Waals surface area (Å²) in [4.78, 5) is 0. The van der Waals surface area contributed by atoms with Gasteiger partial charge in [-0.15, -0.1) is 0 Å². The summed E-state index contributed by atoms with van der Waals surface area (Å²) in [5.74, 6) is 3.30. The number of hydrogen-bond donors (Lipinski definition) is 1. The monoisotopic (exact) mass is 286 g/mol. The quantitative estimate of drug-likeness (QED) is 0.864. The average molecular weight is 286 g/mol. The van der Waals surface area contributed by atoms with Crippen molar-refractivity contribution in [3.8, 4) is 5.75 Å². The number of benzene rings is 1. The standard InChI is InChI=1S/C17H23BO3/c1-20-16-4-2-15(3-5-16)18(19)21-17-9-12-6-13(10-17)8-14(7-12)11-17/h2-5,12-14,19H,6-11H2,1H3. The van der Waals surface area contributed by atoms with E-state index in [2.05, 4.69) is 0 Å². The Morgan fingerprint density at radius 2 is 1.52 bits per heavy atom. The Balaban J connectivity index is 1.49. The second-order valence-electron chi connectivity index (χ2n) is 7.34. The minimum Gasteiger partial charge on any atom is -0.497 e. The first-order valence-corrected chi connectivity index (χ1v) is 8.16. The zero-order chi connectivity index (χ0) is 14.4. The van der Waals surface area contributed by atoms with E-state index in [1.165, 1.54) is 19.3 Å². The molecule has 0 unspecified atom stereocenters. The predicted octanol–water partition coefficient (Wildman–Crippen LogP) is 2.37. The summed E-state index contributed by atoms with van der Waals surface area (Å²) < 4.78 is 11.4. The largest absolute Gasteiger partial charge is 0.497 e. The molecule has 4 fully saturated rings. The van der Waals surface area contributed by atoms with Crippen LogP contribution in [0.2, 0.25) is 0 Å². The third kappa shape index (κ3) is 2.49. The molecule has 0 atom stereocenters. The molecule has 21 heavy (non-hydrogen) atoms. The van der Waals surface area contributed by atoms with E-state index < -0.39 is 7.12 Å². The van der Waals surface area contributed by atoms with E-state index >= 15 is 0 Å². The Morgan fingerprint density at radius 1 is 1.00 bits per heavy atom. The highest BCUT2D eigenvalue weighted by Crippen LogP contribution is 2.57. The van der Waals surface area contributed by atoms with Crippen LogP contribution in [0.3, 0.4) is 0 Å². The van der Waals surface area contributed by atoms with Gasteiger partial charge in [0.1, 0.15) is 5.75 Å². The van der Waals surface area contributed by atoms with Crippen molar-refractivity contribution in [1.82, 2.24) is 0 Å². The highest BCUT2D eigenvalue weighted by molar-refractivity contribution is 6.60. The Morgan fingerprint density at radius 3 is 2.00 bits per heavy atom. The summed E-state index contributed by atoms with van der Waals surface area (Å²) in [7, 11) is 0.837. The third-order valence-corrected chi connectivity index (χ3v) is 5.74. The van der Waals surface area contributed by atoms with Crippen molar-refractivity contribution in [1.29, 1.82) is 0 Å². The minimum absolute atomic E-state index is 0.0614. The van der Waals surface area contributed by atoms with Crippen molar-refractivity contribution < 1.29 is 14.4 Å². The van der Waals surface area contributed by atoms with Crippen molar-refractivity contribution in [2.45, 2.75) is 44.1 Å². The van der Waals surface area contributed by atoms with Gasteiger partial charge in [0.2, 0.25) is 0 Å². The van der Waals surface area contributed by atoms with E-state index in [9.17, 15) is 5.02 Å². The fourth-order valence-corrected chi connectivity index (χ4v) is 5.25. The molecule has 4 saturated carbocycles. The van der Waals surface area contributed by atoms with Gasteiger partial charge in [0.15, 0.2) is 0 Å². The number of hydrogen-bond acceptors (Lipinski definition) is 3. The molecule has 0 aliphatic heterocycles. The maximum atomic E-state index is 10.5.